The van der Waals surface area contributed by atoms with Crippen LogP contribution in [-0.4, -0.2) is 32.9 Å². The summed E-state index contributed by atoms with van der Waals surface area (Å²) in [5.74, 6) is 1.33. The van der Waals surface area contributed by atoms with Crippen molar-refractivity contribution in [3.05, 3.63) is 58.9 Å². The number of rotatable bonds is 3. The van der Waals surface area contributed by atoms with E-state index < -0.39 is 0 Å². The molecule has 2 aromatic carbocycles. The summed E-state index contributed by atoms with van der Waals surface area (Å²) in [6.07, 6.45) is 1.66. The molecule has 0 amide bonds. The van der Waals surface area contributed by atoms with Crippen LogP contribution in [-0.2, 0) is 24.2 Å². The van der Waals surface area contributed by atoms with Crippen molar-refractivity contribution in [2.45, 2.75) is 19.4 Å². The molecular formula is C20H22FN3O2. The first-order valence-corrected chi connectivity index (χ1v) is 8.84. The molecule has 5 nitrogen and oxygen atoms in total. The molecule has 0 aliphatic carbocycles. The molecule has 0 radical (unpaired) electrons. The zero-order chi connectivity index (χ0) is 17.9. The van der Waals surface area contributed by atoms with E-state index in [9.17, 15) is 4.39 Å². The van der Waals surface area contributed by atoms with E-state index in [1.807, 2.05) is 6.07 Å². The van der Waals surface area contributed by atoms with E-state index >= 15 is 0 Å². The number of guanidine groups is 1. The molecule has 2 aromatic rings. The topological polar surface area (TPSA) is 46.1 Å². The van der Waals surface area contributed by atoms with Gasteiger partial charge in [-0.2, -0.15) is 0 Å². The summed E-state index contributed by atoms with van der Waals surface area (Å²) in [4.78, 5) is 6.61. The standard InChI is InChI=1S/C20H22FN3O2/c1-22-20(24-9-7-14-4-2-3-5-18(14)24)23-8-6-15-10-17(21)11-16-12-25-13-26-19(15)16/h2-5,10-11H,6-9,12-13H2,1H3,(H,22,23). The highest BCUT2D eigenvalue weighted by atomic mass is 19.1. The van der Waals surface area contributed by atoms with Gasteiger partial charge in [0.2, 0.25) is 0 Å². The van der Waals surface area contributed by atoms with Crippen molar-refractivity contribution in [3.8, 4) is 5.75 Å². The van der Waals surface area contributed by atoms with E-state index in [0.717, 1.165) is 35.8 Å². The van der Waals surface area contributed by atoms with Crippen molar-refractivity contribution >= 4 is 11.6 Å². The Hall–Kier alpha value is -2.60. The Morgan fingerprint density at radius 2 is 2.15 bits per heavy atom. The van der Waals surface area contributed by atoms with Gasteiger partial charge in [-0.05, 0) is 42.2 Å². The first kappa shape index (κ1) is 16.8. The summed E-state index contributed by atoms with van der Waals surface area (Å²) in [6, 6.07) is 11.4. The molecule has 0 aromatic heterocycles. The van der Waals surface area contributed by atoms with Crippen LogP contribution in [0.3, 0.4) is 0 Å². The number of ether oxygens (including phenoxy) is 2. The fourth-order valence-corrected chi connectivity index (χ4v) is 3.60. The van der Waals surface area contributed by atoms with Gasteiger partial charge in [-0.3, -0.25) is 4.99 Å². The first-order valence-electron chi connectivity index (χ1n) is 8.84. The maximum atomic E-state index is 13.9. The third-order valence-electron chi connectivity index (χ3n) is 4.78. The summed E-state index contributed by atoms with van der Waals surface area (Å²) < 4.78 is 24.7. The van der Waals surface area contributed by atoms with Crippen molar-refractivity contribution < 1.29 is 13.9 Å². The van der Waals surface area contributed by atoms with Crippen LogP contribution >= 0.6 is 0 Å². The number of aliphatic imine (C=N–C) groups is 1. The fraction of sp³-hybridized carbons (Fsp3) is 0.350. The van der Waals surface area contributed by atoms with Gasteiger partial charge in [0.25, 0.3) is 0 Å². The van der Waals surface area contributed by atoms with Crippen molar-refractivity contribution in [2.75, 3.05) is 31.8 Å². The maximum Gasteiger partial charge on any atom is 0.198 e. The normalized spacial score (nSPS) is 16.1. The zero-order valence-electron chi connectivity index (χ0n) is 14.8. The van der Waals surface area contributed by atoms with Crippen LogP contribution in [0.25, 0.3) is 0 Å². The molecular weight excluding hydrogens is 333 g/mol. The van der Waals surface area contributed by atoms with Crippen molar-refractivity contribution in [2.24, 2.45) is 4.99 Å². The number of hydrogen-bond donors (Lipinski definition) is 1. The molecule has 2 heterocycles. The summed E-state index contributed by atoms with van der Waals surface area (Å²) in [5.41, 5.74) is 4.16. The quantitative estimate of drug-likeness (QED) is 0.679. The molecule has 4 rings (SSSR count). The van der Waals surface area contributed by atoms with Gasteiger partial charge < -0.3 is 19.7 Å². The Morgan fingerprint density at radius 3 is 3.04 bits per heavy atom. The lowest BCUT2D eigenvalue weighted by Gasteiger charge is -2.23. The molecule has 0 atom stereocenters. The Kier molecular flexibility index (Phi) is 4.75. The molecule has 2 aliphatic heterocycles. The maximum absolute atomic E-state index is 13.9. The van der Waals surface area contributed by atoms with Gasteiger partial charge in [0.1, 0.15) is 11.6 Å². The molecule has 2 aliphatic rings. The van der Waals surface area contributed by atoms with Crippen LogP contribution < -0.4 is 15.0 Å². The summed E-state index contributed by atoms with van der Waals surface area (Å²) >= 11 is 0. The third kappa shape index (κ3) is 3.24. The van der Waals surface area contributed by atoms with E-state index in [2.05, 4.69) is 33.4 Å². The van der Waals surface area contributed by atoms with Gasteiger partial charge in [0, 0.05) is 31.4 Å². The molecule has 26 heavy (non-hydrogen) atoms. The molecule has 0 fully saturated rings. The van der Waals surface area contributed by atoms with E-state index in [1.54, 1.807) is 13.1 Å². The largest absolute Gasteiger partial charge is 0.467 e. The smallest absolute Gasteiger partial charge is 0.198 e. The second kappa shape index (κ2) is 7.33. The number of hydrogen-bond acceptors (Lipinski definition) is 3. The molecule has 0 saturated carbocycles. The van der Waals surface area contributed by atoms with Crippen LogP contribution in [0, 0.1) is 5.82 Å². The summed E-state index contributed by atoms with van der Waals surface area (Å²) in [7, 11) is 1.79. The number of fused-ring (bicyclic) bond motifs is 2. The SMILES string of the molecule is CN=C(NCCc1cc(F)cc2c1OCOC2)N1CCc2ccccc21. The van der Waals surface area contributed by atoms with Crippen molar-refractivity contribution in [1.82, 2.24) is 5.32 Å². The molecule has 136 valence electrons. The van der Waals surface area contributed by atoms with Gasteiger partial charge in [0.15, 0.2) is 12.8 Å². The molecule has 0 unspecified atom stereocenters. The molecule has 0 bridgehead atoms. The molecule has 1 N–H and O–H groups in total. The first-order chi connectivity index (χ1) is 12.8. The van der Waals surface area contributed by atoms with Gasteiger partial charge in [-0.1, -0.05) is 18.2 Å². The highest BCUT2D eigenvalue weighted by Gasteiger charge is 2.22. The molecule has 6 heteroatoms. The van der Waals surface area contributed by atoms with E-state index in [0.29, 0.717) is 19.6 Å². The van der Waals surface area contributed by atoms with Gasteiger partial charge in [-0.25, -0.2) is 4.39 Å². The molecule has 0 saturated heterocycles. The lowest BCUT2D eigenvalue weighted by molar-refractivity contribution is -0.0172. The van der Waals surface area contributed by atoms with E-state index in [4.69, 9.17) is 9.47 Å². The van der Waals surface area contributed by atoms with Crippen LogP contribution in [0.4, 0.5) is 10.1 Å². The van der Waals surface area contributed by atoms with E-state index in [-0.39, 0.29) is 12.6 Å². The predicted molar refractivity (Wildman–Crippen MR) is 99.2 cm³/mol. The minimum atomic E-state index is -0.259. The van der Waals surface area contributed by atoms with Crippen molar-refractivity contribution in [1.29, 1.82) is 0 Å². The second-order valence-electron chi connectivity index (χ2n) is 6.42. The fourth-order valence-electron chi connectivity index (χ4n) is 3.60. The number of para-hydroxylation sites is 1. The Labute approximate surface area is 152 Å². The predicted octanol–water partition coefficient (Wildman–Crippen LogP) is 2.87. The average Bonchev–Trinajstić information content (AvgIpc) is 3.09. The minimum Gasteiger partial charge on any atom is -0.467 e. The highest BCUT2D eigenvalue weighted by Crippen LogP contribution is 2.30. The van der Waals surface area contributed by atoms with Gasteiger partial charge in [0.05, 0.1) is 6.61 Å². The lowest BCUT2D eigenvalue weighted by Crippen LogP contribution is -2.41. The Balaban J connectivity index is 1.44. The van der Waals surface area contributed by atoms with Crippen LogP contribution in [0.1, 0.15) is 16.7 Å². The second-order valence-corrected chi connectivity index (χ2v) is 6.42. The summed E-state index contributed by atoms with van der Waals surface area (Å²) in [5, 5.41) is 3.39. The number of nitrogens with one attached hydrogen (secondary N) is 1. The third-order valence-corrected chi connectivity index (χ3v) is 4.78. The number of benzene rings is 2. The summed E-state index contributed by atoms with van der Waals surface area (Å²) in [6.45, 7) is 2.16. The number of anilines is 1. The lowest BCUT2D eigenvalue weighted by atomic mass is 10.1. The minimum absolute atomic E-state index is 0.214. The van der Waals surface area contributed by atoms with E-state index in [1.165, 1.54) is 17.3 Å². The molecule has 0 spiro atoms. The zero-order valence-corrected chi connectivity index (χ0v) is 14.8. The van der Waals surface area contributed by atoms with Crippen LogP contribution in [0.2, 0.25) is 0 Å². The van der Waals surface area contributed by atoms with Gasteiger partial charge in [-0.15, -0.1) is 0 Å². The van der Waals surface area contributed by atoms with Crippen LogP contribution in [0.15, 0.2) is 41.4 Å². The average molecular weight is 355 g/mol. The van der Waals surface area contributed by atoms with Crippen molar-refractivity contribution in [3.63, 3.8) is 0 Å². The van der Waals surface area contributed by atoms with Gasteiger partial charge >= 0.3 is 0 Å². The Morgan fingerprint density at radius 1 is 1.27 bits per heavy atom. The van der Waals surface area contributed by atoms with Crippen LogP contribution in [0.5, 0.6) is 5.75 Å². The Bertz CT molecular complexity index is 838. The monoisotopic (exact) mass is 355 g/mol. The highest BCUT2D eigenvalue weighted by molar-refractivity contribution is 5.97. The number of halogens is 1. The number of nitrogens with zero attached hydrogens (tertiary/aromatic N) is 2.